The zero-order chi connectivity index (χ0) is 14.8. The number of amides is 2. The molecule has 5 nitrogen and oxygen atoms in total. The third-order valence-corrected chi connectivity index (χ3v) is 4.58. The van der Waals surface area contributed by atoms with E-state index in [2.05, 4.69) is 21.2 Å². The molecule has 1 aliphatic rings. The molecule has 1 saturated heterocycles. The predicted molar refractivity (Wildman–Crippen MR) is 79.7 cm³/mol. The summed E-state index contributed by atoms with van der Waals surface area (Å²) in [7, 11) is 0. The molecule has 0 radical (unpaired) electrons. The molecule has 1 aliphatic heterocycles. The van der Waals surface area contributed by atoms with Crippen molar-refractivity contribution in [1.82, 2.24) is 4.90 Å². The Kier molecular flexibility index (Phi) is 4.32. The van der Waals surface area contributed by atoms with Crippen LogP contribution in [0, 0.1) is 5.41 Å². The zero-order valence-electron chi connectivity index (χ0n) is 11.2. The summed E-state index contributed by atoms with van der Waals surface area (Å²) >= 11 is 3.37. The number of hydrogen-bond donors (Lipinski definition) is 2. The van der Waals surface area contributed by atoms with Gasteiger partial charge in [0, 0.05) is 17.6 Å². The van der Waals surface area contributed by atoms with Crippen molar-refractivity contribution in [3.05, 3.63) is 28.7 Å². The molecule has 0 aliphatic carbocycles. The molecule has 0 saturated carbocycles. The van der Waals surface area contributed by atoms with Crippen LogP contribution in [-0.4, -0.2) is 35.1 Å². The molecule has 1 atom stereocenters. The Morgan fingerprint density at radius 1 is 1.45 bits per heavy atom. The van der Waals surface area contributed by atoms with E-state index in [1.54, 1.807) is 11.0 Å². The van der Waals surface area contributed by atoms with Crippen molar-refractivity contribution in [2.24, 2.45) is 5.41 Å². The highest BCUT2D eigenvalue weighted by Crippen LogP contribution is 2.34. The summed E-state index contributed by atoms with van der Waals surface area (Å²) in [5.41, 5.74) is -0.118. The fraction of sp³-hybridized carbons (Fsp3) is 0.429. The molecular weight excluding hydrogens is 324 g/mol. The number of urea groups is 1. The number of carbonyl (C=O) groups is 2. The second-order valence-corrected chi connectivity index (χ2v) is 5.87. The van der Waals surface area contributed by atoms with E-state index in [-0.39, 0.29) is 12.6 Å². The van der Waals surface area contributed by atoms with Gasteiger partial charge in [-0.25, -0.2) is 4.79 Å². The Morgan fingerprint density at radius 2 is 2.15 bits per heavy atom. The predicted octanol–water partition coefficient (Wildman–Crippen LogP) is 3.17. The Morgan fingerprint density at radius 3 is 2.70 bits per heavy atom. The van der Waals surface area contributed by atoms with Crippen LogP contribution >= 0.6 is 15.9 Å². The third-order valence-electron chi connectivity index (χ3n) is 3.89. The van der Waals surface area contributed by atoms with Gasteiger partial charge in [-0.1, -0.05) is 19.1 Å². The highest BCUT2D eigenvalue weighted by Gasteiger charge is 2.44. The van der Waals surface area contributed by atoms with Crippen molar-refractivity contribution >= 4 is 33.6 Å². The standard InChI is InChI=1S/C14H17BrN2O3/c1-2-14(12(18)19)7-8-17(9-14)13(20)16-11-6-4-3-5-10(11)15/h3-6H,2,7-9H2,1H3,(H,16,20)(H,18,19). The van der Waals surface area contributed by atoms with Gasteiger partial charge < -0.3 is 15.3 Å². The van der Waals surface area contributed by atoms with Gasteiger partial charge in [-0.3, -0.25) is 4.79 Å². The van der Waals surface area contributed by atoms with Crippen LogP contribution in [0.1, 0.15) is 19.8 Å². The van der Waals surface area contributed by atoms with Crippen molar-refractivity contribution in [2.45, 2.75) is 19.8 Å². The van der Waals surface area contributed by atoms with E-state index in [9.17, 15) is 14.7 Å². The number of anilines is 1. The average Bonchev–Trinajstić information content (AvgIpc) is 2.87. The Labute approximate surface area is 126 Å². The number of aliphatic carboxylic acids is 1. The lowest BCUT2D eigenvalue weighted by Gasteiger charge is -2.23. The summed E-state index contributed by atoms with van der Waals surface area (Å²) in [5.74, 6) is -0.823. The summed E-state index contributed by atoms with van der Waals surface area (Å²) in [6.07, 6.45) is 1.03. The Balaban J connectivity index is 2.05. The minimum atomic E-state index is -0.823. The van der Waals surface area contributed by atoms with Crippen molar-refractivity contribution in [3.8, 4) is 0 Å². The maximum absolute atomic E-state index is 12.2. The molecule has 1 unspecified atom stereocenters. The highest BCUT2D eigenvalue weighted by atomic mass is 79.9. The number of para-hydroxylation sites is 1. The molecule has 1 fully saturated rings. The number of carboxylic acid groups (broad SMARTS) is 1. The summed E-state index contributed by atoms with van der Waals surface area (Å²) in [6, 6.07) is 7.07. The van der Waals surface area contributed by atoms with Gasteiger partial charge in [-0.2, -0.15) is 0 Å². The van der Waals surface area contributed by atoms with E-state index >= 15 is 0 Å². The van der Waals surface area contributed by atoms with Crippen LogP contribution in [-0.2, 0) is 4.79 Å². The molecule has 0 aromatic heterocycles. The third kappa shape index (κ3) is 2.80. The number of nitrogens with one attached hydrogen (secondary N) is 1. The van der Waals surface area contributed by atoms with Crippen LogP contribution in [0.15, 0.2) is 28.7 Å². The van der Waals surface area contributed by atoms with Crippen LogP contribution < -0.4 is 5.32 Å². The molecule has 1 aromatic rings. The van der Waals surface area contributed by atoms with Crippen LogP contribution in [0.5, 0.6) is 0 Å². The molecule has 1 aromatic carbocycles. The molecule has 6 heteroatoms. The maximum atomic E-state index is 12.2. The topological polar surface area (TPSA) is 69.6 Å². The monoisotopic (exact) mass is 340 g/mol. The molecule has 2 N–H and O–H groups in total. The number of rotatable bonds is 3. The first-order chi connectivity index (χ1) is 9.48. The van der Waals surface area contributed by atoms with Crippen LogP contribution in [0.2, 0.25) is 0 Å². The molecule has 108 valence electrons. The molecule has 20 heavy (non-hydrogen) atoms. The largest absolute Gasteiger partial charge is 0.481 e. The van der Waals surface area contributed by atoms with E-state index in [4.69, 9.17) is 0 Å². The van der Waals surface area contributed by atoms with E-state index in [0.29, 0.717) is 25.1 Å². The highest BCUT2D eigenvalue weighted by molar-refractivity contribution is 9.10. The summed E-state index contributed by atoms with van der Waals surface area (Å²) < 4.78 is 0.799. The SMILES string of the molecule is CCC1(C(=O)O)CCN(C(=O)Nc2ccccc2Br)C1. The molecule has 1 heterocycles. The maximum Gasteiger partial charge on any atom is 0.321 e. The lowest BCUT2D eigenvalue weighted by atomic mass is 9.84. The first-order valence-corrected chi connectivity index (χ1v) is 7.32. The average molecular weight is 341 g/mol. The van der Waals surface area contributed by atoms with Gasteiger partial charge in [0.1, 0.15) is 0 Å². The fourth-order valence-corrected chi connectivity index (χ4v) is 2.80. The van der Waals surface area contributed by atoms with Crippen LogP contribution in [0.3, 0.4) is 0 Å². The van der Waals surface area contributed by atoms with Gasteiger partial charge in [0.15, 0.2) is 0 Å². The number of benzene rings is 1. The Hall–Kier alpha value is -1.56. The first-order valence-electron chi connectivity index (χ1n) is 6.52. The van der Waals surface area contributed by atoms with E-state index < -0.39 is 11.4 Å². The first kappa shape index (κ1) is 14.8. The van der Waals surface area contributed by atoms with Crippen molar-refractivity contribution in [3.63, 3.8) is 0 Å². The molecular formula is C14H17BrN2O3. The second kappa shape index (κ2) is 5.83. The fourth-order valence-electron chi connectivity index (χ4n) is 2.42. The smallest absolute Gasteiger partial charge is 0.321 e. The number of nitrogens with zero attached hydrogens (tertiary/aromatic N) is 1. The Bertz CT molecular complexity index is 535. The zero-order valence-corrected chi connectivity index (χ0v) is 12.8. The van der Waals surface area contributed by atoms with Gasteiger partial charge >= 0.3 is 12.0 Å². The number of carbonyl (C=O) groups excluding carboxylic acids is 1. The summed E-state index contributed by atoms with van der Waals surface area (Å²) in [6.45, 7) is 2.58. The van der Waals surface area contributed by atoms with Gasteiger partial charge in [-0.05, 0) is 40.9 Å². The molecule has 0 bridgehead atoms. The quantitative estimate of drug-likeness (QED) is 0.887. The van der Waals surface area contributed by atoms with Gasteiger partial charge in [0.2, 0.25) is 0 Å². The minimum absolute atomic E-state index is 0.256. The second-order valence-electron chi connectivity index (χ2n) is 5.02. The molecule has 2 amide bonds. The van der Waals surface area contributed by atoms with E-state index in [1.165, 1.54) is 0 Å². The summed E-state index contributed by atoms with van der Waals surface area (Å²) in [5, 5.41) is 12.1. The number of carboxylic acids is 1. The van der Waals surface area contributed by atoms with E-state index in [0.717, 1.165) is 4.47 Å². The van der Waals surface area contributed by atoms with Crippen LogP contribution in [0.4, 0.5) is 10.5 Å². The van der Waals surface area contributed by atoms with Crippen molar-refractivity contribution in [1.29, 1.82) is 0 Å². The van der Waals surface area contributed by atoms with Crippen molar-refractivity contribution < 1.29 is 14.7 Å². The van der Waals surface area contributed by atoms with Crippen molar-refractivity contribution in [2.75, 3.05) is 18.4 Å². The van der Waals surface area contributed by atoms with Crippen LogP contribution in [0.25, 0.3) is 0 Å². The lowest BCUT2D eigenvalue weighted by Crippen LogP contribution is -2.38. The van der Waals surface area contributed by atoms with Gasteiger partial charge in [0.05, 0.1) is 11.1 Å². The normalized spacial score (nSPS) is 21.8. The number of hydrogen-bond acceptors (Lipinski definition) is 2. The van der Waals surface area contributed by atoms with Gasteiger partial charge in [-0.15, -0.1) is 0 Å². The summed E-state index contributed by atoms with van der Waals surface area (Å²) in [4.78, 5) is 25.1. The number of likely N-dealkylation sites (tertiary alicyclic amines) is 1. The van der Waals surface area contributed by atoms with E-state index in [1.807, 2.05) is 25.1 Å². The number of halogens is 1. The minimum Gasteiger partial charge on any atom is -0.481 e. The molecule has 0 spiro atoms. The van der Waals surface area contributed by atoms with Gasteiger partial charge in [0.25, 0.3) is 0 Å². The molecule has 2 rings (SSSR count). The lowest BCUT2D eigenvalue weighted by molar-refractivity contribution is -0.148.